The van der Waals surface area contributed by atoms with Gasteiger partial charge in [-0.3, -0.25) is 0 Å². The minimum absolute atomic E-state index is 0.439. The Morgan fingerprint density at radius 1 is 1.00 bits per heavy atom. The maximum absolute atomic E-state index is 5.58. The van der Waals surface area contributed by atoms with Crippen molar-refractivity contribution in [1.29, 1.82) is 0 Å². The van der Waals surface area contributed by atoms with Gasteiger partial charge in [-0.2, -0.15) is 0 Å². The predicted molar refractivity (Wildman–Crippen MR) is 40.8 cm³/mol. The monoisotopic (exact) mass is 140 g/mol. The van der Waals surface area contributed by atoms with Crippen LogP contribution in [0.5, 0.6) is 0 Å². The van der Waals surface area contributed by atoms with Crippen molar-refractivity contribution >= 4 is 0 Å². The van der Waals surface area contributed by atoms with Crippen LogP contribution in [-0.4, -0.2) is 12.2 Å². The topological polar surface area (TPSA) is 12.5 Å². The molecule has 0 spiro atoms. The molecule has 2 aliphatic rings. The highest BCUT2D eigenvalue weighted by Crippen LogP contribution is 2.60. The van der Waals surface area contributed by atoms with Gasteiger partial charge in [0.05, 0.1) is 12.2 Å². The van der Waals surface area contributed by atoms with Crippen molar-refractivity contribution in [2.24, 2.45) is 10.8 Å². The molecule has 1 aliphatic heterocycles. The zero-order valence-corrected chi connectivity index (χ0v) is 7.27. The summed E-state index contributed by atoms with van der Waals surface area (Å²) in [5.74, 6) is 0. The largest absolute Gasteiger partial charge is 0.368 e. The summed E-state index contributed by atoms with van der Waals surface area (Å²) in [6, 6.07) is 0. The predicted octanol–water partition coefficient (Wildman–Crippen LogP) is 2.21. The van der Waals surface area contributed by atoms with Gasteiger partial charge in [-0.05, 0) is 17.3 Å². The number of hydrogen-bond acceptors (Lipinski definition) is 1. The summed E-state index contributed by atoms with van der Waals surface area (Å²) in [4.78, 5) is 0. The zero-order valence-electron chi connectivity index (χ0n) is 7.27. The van der Waals surface area contributed by atoms with Crippen molar-refractivity contribution in [3.63, 3.8) is 0 Å². The molecule has 1 heteroatoms. The molecular weight excluding hydrogens is 124 g/mol. The second-order valence-corrected chi connectivity index (χ2v) is 5.13. The molecule has 1 aliphatic carbocycles. The summed E-state index contributed by atoms with van der Waals surface area (Å²) >= 11 is 0. The molecule has 0 aromatic heterocycles. The van der Waals surface area contributed by atoms with Gasteiger partial charge in [0.25, 0.3) is 0 Å². The van der Waals surface area contributed by atoms with E-state index in [0.717, 1.165) is 0 Å². The Morgan fingerprint density at radius 3 is 1.50 bits per heavy atom. The Kier molecular flexibility index (Phi) is 0.949. The number of epoxide rings is 1. The Morgan fingerprint density at radius 2 is 1.40 bits per heavy atom. The van der Waals surface area contributed by atoms with Gasteiger partial charge in [-0.15, -0.1) is 0 Å². The third kappa shape index (κ3) is 0.672. The number of fused-ring (bicyclic) bond motifs is 1. The quantitative estimate of drug-likeness (QED) is 0.470. The van der Waals surface area contributed by atoms with E-state index < -0.39 is 0 Å². The van der Waals surface area contributed by atoms with E-state index in [4.69, 9.17) is 4.74 Å². The van der Waals surface area contributed by atoms with Crippen molar-refractivity contribution in [3.8, 4) is 0 Å². The summed E-state index contributed by atoms with van der Waals surface area (Å²) in [5.41, 5.74) is 0.877. The van der Waals surface area contributed by atoms with E-state index in [9.17, 15) is 0 Å². The van der Waals surface area contributed by atoms with E-state index in [1.165, 1.54) is 6.42 Å². The van der Waals surface area contributed by atoms with E-state index in [1.54, 1.807) is 0 Å². The molecule has 1 nitrogen and oxygen atoms in total. The van der Waals surface area contributed by atoms with Crippen molar-refractivity contribution in [2.45, 2.75) is 46.3 Å². The van der Waals surface area contributed by atoms with Gasteiger partial charge in [0.15, 0.2) is 0 Å². The standard InChI is InChI=1S/C9H16O/c1-8(2)5-9(3,4)7-6(8)10-7/h6-7H,5H2,1-4H3/t6-,7+. The lowest BCUT2D eigenvalue weighted by Gasteiger charge is -2.25. The first-order valence-corrected chi connectivity index (χ1v) is 4.09. The molecule has 2 rings (SSSR count). The molecular formula is C9H16O. The van der Waals surface area contributed by atoms with Gasteiger partial charge < -0.3 is 4.74 Å². The molecule has 0 radical (unpaired) electrons. The molecule has 0 N–H and O–H groups in total. The minimum Gasteiger partial charge on any atom is -0.368 e. The van der Waals surface area contributed by atoms with Crippen LogP contribution in [-0.2, 0) is 4.74 Å². The molecule has 0 aromatic rings. The average Bonchev–Trinajstić information content (AvgIpc) is 2.29. The van der Waals surface area contributed by atoms with E-state index in [1.807, 2.05) is 0 Å². The molecule has 2 fully saturated rings. The molecule has 0 amide bonds. The van der Waals surface area contributed by atoms with Crippen LogP contribution in [0.25, 0.3) is 0 Å². The molecule has 0 bridgehead atoms. The van der Waals surface area contributed by atoms with Crippen LogP contribution in [0.2, 0.25) is 0 Å². The van der Waals surface area contributed by atoms with Crippen LogP contribution in [0.3, 0.4) is 0 Å². The molecule has 0 unspecified atom stereocenters. The van der Waals surface area contributed by atoms with Crippen LogP contribution in [0.4, 0.5) is 0 Å². The fourth-order valence-corrected chi connectivity index (χ4v) is 2.68. The Balaban J connectivity index is 2.24. The molecule has 2 atom stereocenters. The number of ether oxygens (including phenoxy) is 1. The lowest BCUT2D eigenvalue weighted by atomic mass is 9.83. The van der Waals surface area contributed by atoms with Gasteiger partial charge in [0, 0.05) is 0 Å². The van der Waals surface area contributed by atoms with Crippen LogP contribution in [0.15, 0.2) is 0 Å². The van der Waals surface area contributed by atoms with Crippen LogP contribution >= 0.6 is 0 Å². The maximum Gasteiger partial charge on any atom is 0.0898 e. The van der Waals surface area contributed by atoms with Gasteiger partial charge in [0.2, 0.25) is 0 Å². The highest BCUT2D eigenvalue weighted by Gasteiger charge is 2.64. The summed E-state index contributed by atoms with van der Waals surface area (Å²) in [6.45, 7) is 9.25. The van der Waals surface area contributed by atoms with E-state index in [-0.39, 0.29) is 0 Å². The van der Waals surface area contributed by atoms with Gasteiger partial charge in [-0.1, -0.05) is 27.7 Å². The van der Waals surface area contributed by atoms with Crippen LogP contribution < -0.4 is 0 Å². The van der Waals surface area contributed by atoms with Crippen molar-refractivity contribution in [3.05, 3.63) is 0 Å². The Bertz CT molecular complexity index is 152. The second-order valence-electron chi connectivity index (χ2n) is 5.13. The minimum atomic E-state index is 0.439. The first-order valence-electron chi connectivity index (χ1n) is 4.09. The summed E-state index contributed by atoms with van der Waals surface area (Å²) < 4.78 is 5.58. The summed E-state index contributed by atoms with van der Waals surface area (Å²) in [6.07, 6.45) is 2.46. The number of hydrogen-bond donors (Lipinski definition) is 0. The van der Waals surface area contributed by atoms with Gasteiger partial charge in [-0.25, -0.2) is 0 Å². The first kappa shape index (κ1) is 6.66. The molecule has 0 aromatic carbocycles. The van der Waals surface area contributed by atoms with Crippen molar-refractivity contribution in [1.82, 2.24) is 0 Å². The molecule has 58 valence electrons. The highest BCUT2D eigenvalue weighted by molar-refractivity contribution is 5.11. The fraction of sp³-hybridized carbons (Fsp3) is 1.00. The third-order valence-corrected chi connectivity index (χ3v) is 2.94. The van der Waals surface area contributed by atoms with Crippen molar-refractivity contribution < 1.29 is 4.74 Å². The average molecular weight is 140 g/mol. The summed E-state index contributed by atoms with van der Waals surface area (Å²) in [7, 11) is 0. The van der Waals surface area contributed by atoms with Crippen LogP contribution in [0.1, 0.15) is 34.1 Å². The molecule has 10 heavy (non-hydrogen) atoms. The summed E-state index contributed by atoms with van der Waals surface area (Å²) in [5, 5.41) is 0. The molecule has 1 saturated carbocycles. The van der Waals surface area contributed by atoms with E-state index in [2.05, 4.69) is 27.7 Å². The third-order valence-electron chi connectivity index (χ3n) is 2.94. The zero-order chi connectivity index (χ0) is 7.57. The van der Waals surface area contributed by atoms with Crippen LogP contribution in [0, 0.1) is 10.8 Å². The normalized spacial score (nSPS) is 46.8. The maximum atomic E-state index is 5.58. The molecule has 1 heterocycles. The first-order chi connectivity index (χ1) is 4.43. The SMILES string of the molecule is CC1(C)CC(C)(C)[C@H]2O[C@H]21. The number of rotatable bonds is 0. The van der Waals surface area contributed by atoms with E-state index in [0.29, 0.717) is 23.0 Å². The highest BCUT2D eigenvalue weighted by atomic mass is 16.6. The Hall–Kier alpha value is -0.0400. The van der Waals surface area contributed by atoms with E-state index >= 15 is 0 Å². The molecule has 1 saturated heterocycles. The Labute approximate surface area is 62.8 Å². The second kappa shape index (κ2) is 1.42. The fourth-order valence-electron chi connectivity index (χ4n) is 2.68. The van der Waals surface area contributed by atoms with Gasteiger partial charge in [0.1, 0.15) is 0 Å². The lowest BCUT2D eigenvalue weighted by molar-refractivity contribution is 0.116. The lowest BCUT2D eigenvalue weighted by Crippen LogP contribution is -2.19. The smallest absolute Gasteiger partial charge is 0.0898 e. The van der Waals surface area contributed by atoms with Gasteiger partial charge >= 0.3 is 0 Å². The van der Waals surface area contributed by atoms with Crippen molar-refractivity contribution in [2.75, 3.05) is 0 Å².